The van der Waals surface area contributed by atoms with Crippen LogP contribution in [0.1, 0.15) is 35.2 Å². The minimum absolute atomic E-state index is 0.0418. The molecule has 1 saturated heterocycles. The number of halogens is 1. The van der Waals surface area contributed by atoms with Gasteiger partial charge in [0.1, 0.15) is 17.3 Å². The van der Waals surface area contributed by atoms with E-state index < -0.39 is 17.7 Å². The third-order valence-electron chi connectivity index (χ3n) is 5.92. The number of anilines is 1. The summed E-state index contributed by atoms with van der Waals surface area (Å²) in [7, 11) is 1.42. The third-order valence-corrected chi connectivity index (χ3v) is 6.20. The number of Topliss-reactive ketones (excluding diaryl/α,β-unsaturated/α-hetero) is 1. The van der Waals surface area contributed by atoms with Gasteiger partial charge in [-0.1, -0.05) is 42.8 Å². The van der Waals surface area contributed by atoms with Gasteiger partial charge in [-0.05, 0) is 66.4 Å². The quantitative estimate of drug-likeness (QED) is 0.286. The number of ether oxygens (including phenoxy) is 1. The second-order valence-corrected chi connectivity index (χ2v) is 8.52. The Morgan fingerprint density at radius 1 is 1.06 bits per heavy atom. The molecule has 1 amide bonds. The van der Waals surface area contributed by atoms with Crippen LogP contribution in [0.15, 0.2) is 66.2 Å². The number of amides is 1. The van der Waals surface area contributed by atoms with E-state index in [4.69, 9.17) is 16.3 Å². The standard InChI is InChI=1S/C27H24ClNO5/c1-4-16-5-9-18(10-6-16)29-23(17-7-11-19(30)12-8-17)22(25(32)27(29)33)24(31)20-13-15(2)14-21(28)26(20)34-3/h5-14,23,30-31H,4H2,1-3H3/b24-22+. The first-order valence-corrected chi connectivity index (χ1v) is 11.2. The molecule has 1 unspecified atom stereocenters. The molecule has 1 aliphatic heterocycles. The van der Waals surface area contributed by atoms with Crippen molar-refractivity contribution >= 4 is 34.7 Å². The molecule has 0 radical (unpaired) electrons. The van der Waals surface area contributed by atoms with Crippen LogP contribution < -0.4 is 9.64 Å². The number of hydrogen-bond donors (Lipinski definition) is 2. The molecule has 6 nitrogen and oxygen atoms in total. The van der Waals surface area contributed by atoms with Crippen LogP contribution in [-0.4, -0.2) is 29.0 Å². The number of aromatic hydroxyl groups is 1. The maximum Gasteiger partial charge on any atom is 0.300 e. The van der Waals surface area contributed by atoms with Crippen LogP contribution >= 0.6 is 11.6 Å². The summed E-state index contributed by atoms with van der Waals surface area (Å²) in [5.41, 5.74) is 3.03. The molecule has 0 aromatic heterocycles. The van der Waals surface area contributed by atoms with Crippen LogP contribution in [0.2, 0.25) is 5.02 Å². The molecule has 1 aliphatic rings. The largest absolute Gasteiger partial charge is 0.508 e. The molecule has 1 atom stereocenters. The number of carbonyl (C=O) groups is 2. The topological polar surface area (TPSA) is 87.1 Å². The lowest BCUT2D eigenvalue weighted by molar-refractivity contribution is -0.132. The van der Waals surface area contributed by atoms with E-state index in [0.717, 1.165) is 17.5 Å². The zero-order chi connectivity index (χ0) is 24.6. The Labute approximate surface area is 202 Å². The van der Waals surface area contributed by atoms with Crippen LogP contribution in [0, 0.1) is 6.92 Å². The molecule has 2 N–H and O–H groups in total. The van der Waals surface area contributed by atoms with E-state index in [-0.39, 0.29) is 33.4 Å². The summed E-state index contributed by atoms with van der Waals surface area (Å²) in [6.45, 7) is 3.82. The Balaban J connectivity index is 1.98. The van der Waals surface area contributed by atoms with Crippen LogP contribution in [0.25, 0.3) is 5.76 Å². The number of aliphatic hydroxyl groups is 1. The van der Waals surface area contributed by atoms with E-state index in [2.05, 4.69) is 0 Å². The monoisotopic (exact) mass is 477 g/mol. The van der Waals surface area contributed by atoms with Gasteiger partial charge in [0.25, 0.3) is 11.7 Å². The average Bonchev–Trinajstić information content (AvgIpc) is 3.09. The van der Waals surface area contributed by atoms with E-state index >= 15 is 0 Å². The number of phenolic OH excluding ortho intramolecular Hbond substituents is 1. The molecule has 0 aliphatic carbocycles. The number of aryl methyl sites for hydroxylation is 2. The van der Waals surface area contributed by atoms with Gasteiger partial charge in [0.2, 0.25) is 0 Å². The molecule has 3 aromatic rings. The molecule has 1 heterocycles. The smallest absolute Gasteiger partial charge is 0.300 e. The van der Waals surface area contributed by atoms with Gasteiger partial charge in [0.05, 0.1) is 29.3 Å². The number of aliphatic hydroxyl groups excluding tert-OH is 1. The highest BCUT2D eigenvalue weighted by Crippen LogP contribution is 2.44. The first-order chi connectivity index (χ1) is 16.3. The molecule has 0 bridgehead atoms. The van der Waals surface area contributed by atoms with Gasteiger partial charge in [0.15, 0.2) is 0 Å². The van der Waals surface area contributed by atoms with Gasteiger partial charge >= 0.3 is 0 Å². The lowest BCUT2D eigenvalue weighted by Gasteiger charge is -2.26. The maximum atomic E-state index is 13.3. The SMILES string of the molecule is CCc1ccc(N2C(=O)C(=O)/C(=C(/O)c3cc(C)cc(Cl)c3OC)C2c2ccc(O)cc2)cc1. The first kappa shape index (κ1) is 23.4. The summed E-state index contributed by atoms with van der Waals surface area (Å²) in [6, 6.07) is 15.9. The molecule has 7 heteroatoms. The summed E-state index contributed by atoms with van der Waals surface area (Å²) in [4.78, 5) is 27.9. The summed E-state index contributed by atoms with van der Waals surface area (Å²) in [5, 5.41) is 21.5. The number of methoxy groups -OCH3 is 1. The number of phenols is 1. The molecule has 3 aromatic carbocycles. The van der Waals surface area contributed by atoms with E-state index in [9.17, 15) is 19.8 Å². The fraction of sp³-hybridized carbons (Fsp3) is 0.185. The number of benzene rings is 3. The number of hydrogen-bond acceptors (Lipinski definition) is 5. The minimum atomic E-state index is -0.919. The Hall–Kier alpha value is -3.77. The van der Waals surface area contributed by atoms with E-state index in [1.165, 1.54) is 24.1 Å². The highest BCUT2D eigenvalue weighted by atomic mass is 35.5. The van der Waals surface area contributed by atoms with Crippen LogP contribution in [0.5, 0.6) is 11.5 Å². The number of nitrogens with zero attached hydrogens (tertiary/aromatic N) is 1. The molecule has 174 valence electrons. The fourth-order valence-corrected chi connectivity index (χ4v) is 4.57. The number of rotatable bonds is 5. The zero-order valence-corrected chi connectivity index (χ0v) is 19.8. The van der Waals surface area contributed by atoms with Crippen molar-refractivity contribution in [3.63, 3.8) is 0 Å². The predicted molar refractivity (Wildman–Crippen MR) is 131 cm³/mol. The minimum Gasteiger partial charge on any atom is -0.508 e. The van der Waals surface area contributed by atoms with Crippen molar-refractivity contribution in [2.75, 3.05) is 12.0 Å². The zero-order valence-electron chi connectivity index (χ0n) is 19.0. The molecule has 0 spiro atoms. The van der Waals surface area contributed by atoms with E-state index in [1.807, 2.05) is 19.1 Å². The lowest BCUT2D eigenvalue weighted by atomic mass is 9.94. The lowest BCUT2D eigenvalue weighted by Crippen LogP contribution is -2.29. The highest BCUT2D eigenvalue weighted by molar-refractivity contribution is 6.51. The number of carbonyl (C=O) groups excluding carboxylic acids is 2. The summed E-state index contributed by atoms with van der Waals surface area (Å²) < 4.78 is 5.40. The van der Waals surface area contributed by atoms with E-state index in [1.54, 1.807) is 43.3 Å². The van der Waals surface area contributed by atoms with Crippen molar-refractivity contribution in [1.29, 1.82) is 0 Å². The average molecular weight is 478 g/mol. The fourth-order valence-electron chi connectivity index (χ4n) is 4.22. The highest BCUT2D eigenvalue weighted by Gasteiger charge is 2.47. The molecular weight excluding hydrogens is 454 g/mol. The van der Waals surface area contributed by atoms with Crippen molar-refractivity contribution in [3.05, 3.63) is 93.5 Å². The summed E-state index contributed by atoms with van der Waals surface area (Å²) in [6.07, 6.45) is 0.828. The van der Waals surface area contributed by atoms with Gasteiger partial charge in [-0.2, -0.15) is 0 Å². The van der Waals surface area contributed by atoms with Crippen molar-refractivity contribution in [2.24, 2.45) is 0 Å². The Bertz CT molecular complexity index is 1300. The van der Waals surface area contributed by atoms with Crippen molar-refractivity contribution in [1.82, 2.24) is 0 Å². The normalized spacial score (nSPS) is 17.3. The van der Waals surface area contributed by atoms with Crippen molar-refractivity contribution < 1.29 is 24.5 Å². The van der Waals surface area contributed by atoms with E-state index in [0.29, 0.717) is 11.3 Å². The van der Waals surface area contributed by atoms with Crippen LogP contribution in [0.3, 0.4) is 0 Å². The predicted octanol–water partition coefficient (Wildman–Crippen LogP) is 5.55. The second-order valence-electron chi connectivity index (χ2n) is 8.11. The van der Waals surface area contributed by atoms with Crippen molar-refractivity contribution in [3.8, 4) is 11.5 Å². The van der Waals surface area contributed by atoms with Gasteiger partial charge in [-0.15, -0.1) is 0 Å². The molecule has 1 fully saturated rings. The maximum absolute atomic E-state index is 13.3. The van der Waals surface area contributed by atoms with Gasteiger partial charge in [-0.25, -0.2) is 0 Å². The molecular formula is C27H24ClNO5. The first-order valence-electron chi connectivity index (χ1n) is 10.8. The van der Waals surface area contributed by atoms with Crippen LogP contribution in [-0.2, 0) is 16.0 Å². The van der Waals surface area contributed by atoms with Gasteiger partial charge in [0, 0.05) is 5.69 Å². The number of ketones is 1. The van der Waals surface area contributed by atoms with Crippen molar-refractivity contribution in [2.45, 2.75) is 26.3 Å². The summed E-state index contributed by atoms with van der Waals surface area (Å²) in [5.74, 6) is -1.73. The second kappa shape index (κ2) is 9.23. The Morgan fingerprint density at radius 2 is 1.71 bits per heavy atom. The van der Waals surface area contributed by atoms with Gasteiger partial charge < -0.3 is 14.9 Å². The Morgan fingerprint density at radius 3 is 2.29 bits per heavy atom. The third kappa shape index (κ3) is 4.01. The Kier molecular flexibility index (Phi) is 6.35. The van der Waals surface area contributed by atoms with Crippen LogP contribution in [0.4, 0.5) is 5.69 Å². The molecule has 4 rings (SSSR count). The van der Waals surface area contributed by atoms with Gasteiger partial charge in [-0.3, -0.25) is 14.5 Å². The summed E-state index contributed by atoms with van der Waals surface area (Å²) >= 11 is 6.33. The molecule has 34 heavy (non-hydrogen) atoms. The molecule has 0 saturated carbocycles.